The predicted octanol–water partition coefficient (Wildman–Crippen LogP) is 0.444. The highest BCUT2D eigenvalue weighted by atomic mass is 32.2. The maximum absolute atomic E-state index is 12.4. The van der Waals surface area contributed by atoms with E-state index in [2.05, 4.69) is 18.7 Å². The number of rotatable bonds is 8. The molecule has 7 nitrogen and oxygen atoms in total. The molecule has 1 rings (SSSR count). The second kappa shape index (κ2) is 8.07. The molecule has 0 saturated carbocycles. The van der Waals surface area contributed by atoms with Crippen molar-refractivity contribution in [3.8, 4) is 0 Å². The first-order valence-corrected chi connectivity index (χ1v) is 8.89. The number of carbonyl (C=O) groups is 1. The van der Waals surface area contributed by atoms with E-state index in [9.17, 15) is 13.2 Å². The first-order chi connectivity index (χ1) is 9.82. The minimum atomic E-state index is -3.54. The Morgan fingerprint density at radius 1 is 1.24 bits per heavy atom. The maximum Gasteiger partial charge on any atom is 0.304 e. The largest absolute Gasteiger partial charge is 0.481 e. The molecule has 0 aromatic rings. The highest BCUT2D eigenvalue weighted by Crippen LogP contribution is 2.20. The van der Waals surface area contributed by atoms with Crippen LogP contribution in [0.1, 0.15) is 33.1 Å². The lowest BCUT2D eigenvalue weighted by atomic mass is 10.1. The van der Waals surface area contributed by atoms with Crippen LogP contribution in [-0.4, -0.2) is 78.8 Å². The van der Waals surface area contributed by atoms with Crippen molar-refractivity contribution in [1.29, 1.82) is 0 Å². The van der Waals surface area contributed by atoms with Crippen molar-refractivity contribution in [2.24, 2.45) is 0 Å². The van der Waals surface area contributed by atoms with Crippen LogP contribution in [-0.2, 0) is 15.0 Å². The second-order valence-corrected chi connectivity index (χ2v) is 7.36. The van der Waals surface area contributed by atoms with Crippen molar-refractivity contribution in [3.05, 3.63) is 0 Å². The summed E-state index contributed by atoms with van der Waals surface area (Å²) in [7, 11) is -2.10. The van der Waals surface area contributed by atoms with Crippen molar-refractivity contribution in [1.82, 2.24) is 13.5 Å². The molecular weight excluding hydrogens is 294 g/mol. The van der Waals surface area contributed by atoms with Gasteiger partial charge < -0.3 is 10.0 Å². The minimum Gasteiger partial charge on any atom is -0.481 e. The smallest absolute Gasteiger partial charge is 0.304 e. The molecule has 0 unspecified atom stereocenters. The van der Waals surface area contributed by atoms with E-state index in [1.54, 1.807) is 0 Å². The van der Waals surface area contributed by atoms with Gasteiger partial charge in [0.2, 0.25) is 0 Å². The summed E-state index contributed by atoms with van der Waals surface area (Å²) in [5.41, 5.74) is 0. The average Bonchev–Trinajstić information content (AvgIpc) is 2.46. The van der Waals surface area contributed by atoms with Crippen molar-refractivity contribution < 1.29 is 18.3 Å². The van der Waals surface area contributed by atoms with Gasteiger partial charge in [-0.25, -0.2) is 0 Å². The van der Waals surface area contributed by atoms with Crippen LogP contribution in [0, 0.1) is 0 Å². The number of carboxylic acids is 1. The summed E-state index contributed by atoms with van der Waals surface area (Å²) in [5.74, 6) is -0.989. The Balaban J connectivity index is 2.57. The monoisotopic (exact) mass is 321 g/mol. The Morgan fingerprint density at radius 2 is 1.76 bits per heavy atom. The van der Waals surface area contributed by atoms with E-state index in [0.717, 1.165) is 30.2 Å². The standard InChI is InChI=1S/C13H27N3O4S/c1-4-15(5-2)12-6-10-16(11-7-12)21(19,20)14(3)9-8-13(17)18/h12H,4-11H2,1-3H3,(H,17,18). The Morgan fingerprint density at radius 3 is 2.19 bits per heavy atom. The number of carboxylic acid groups (broad SMARTS) is 1. The van der Waals surface area contributed by atoms with Crippen molar-refractivity contribution >= 4 is 16.2 Å². The molecule has 1 aliphatic rings. The zero-order chi connectivity index (χ0) is 16.0. The summed E-state index contributed by atoms with van der Waals surface area (Å²) in [5, 5.41) is 8.65. The zero-order valence-corrected chi connectivity index (χ0v) is 14.0. The molecule has 1 aliphatic heterocycles. The van der Waals surface area contributed by atoms with Crippen LogP contribution < -0.4 is 0 Å². The summed E-state index contributed by atoms with van der Waals surface area (Å²) in [6, 6.07) is 0.441. The molecule has 0 bridgehead atoms. The van der Waals surface area contributed by atoms with Crippen LogP contribution >= 0.6 is 0 Å². The number of aliphatic carboxylic acids is 1. The van der Waals surface area contributed by atoms with Crippen molar-refractivity contribution in [2.45, 2.75) is 39.2 Å². The lowest BCUT2D eigenvalue weighted by Crippen LogP contribution is -2.50. The lowest BCUT2D eigenvalue weighted by Gasteiger charge is -2.38. The molecular formula is C13H27N3O4S. The fourth-order valence-corrected chi connectivity index (χ4v) is 4.13. The van der Waals surface area contributed by atoms with Gasteiger partial charge in [0.15, 0.2) is 0 Å². The Hall–Kier alpha value is -0.700. The third kappa shape index (κ3) is 4.91. The van der Waals surface area contributed by atoms with Gasteiger partial charge in [-0.1, -0.05) is 13.8 Å². The Labute approximate surface area is 127 Å². The van der Waals surface area contributed by atoms with Crippen LogP contribution in [0.25, 0.3) is 0 Å². The molecule has 8 heteroatoms. The maximum atomic E-state index is 12.4. The molecule has 0 aliphatic carbocycles. The van der Waals surface area contributed by atoms with Gasteiger partial charge >= 0.3 is 5.97 Å². The van der Waals surface area contributed by atoms with Gasteiger partial charge in [0, 0.05) is 32.7 Å². The van der Waals surface area contributed by atoms with Crippen molar-refractivity contribution in [2.75, 3.05) is 39.8 Å². The van der Waals surface area contributed by atoms with Crippen molar-refractivity contribution in [3.63, 3.8) is 0 Å². The predicted molar refractivity (Wildman–Crippen MR) is 81.3 cm³/mol. The van der Waals surface area contributed by atoms with E-state index in [4.69, 9.17) is 5.11 Å². The summed E-state index contributed by atoms with van der Waals surface area (Å²) < 4.78 is 27.3. The van der Waals surface area contributed by atoms with E-state index in [0.29, 0.717) is 19.1 Å². The van der Waals surface area contributed by atoms with E-state index >= 15 is 0 Å². The fraction of sp³-hybridized carbons (Fsp3) is 0.923. The molecule has 1 heterocycles. The Kier molecular flexibility index (Phi) is 7.05. The van der Waals surface area contributed by atoms with Crippen LogP contribution in [0.15, 0.2) is 0 Å². The normalized spacial score (nSPS) is 18.5. The molecule has 0 atom stereocenters. The minimum absolute atomic E-state index is 0.00758. The van der Waals surface area contributed by atoms with Gasteiger partial charge in [-0.15, -0.1) is 0 Å². The SMILES string of the molecule is CCN(CC)C1CCN(S(=O)(=O)N(C)CCC(=O)O)CC1. The molecule has 1 fully saturated rings. The number of piperidine rings is 1. The van der Waals surface area contributed by atoms with E-state index in [1.165, 1.54) is 11.4 Å². The van der Waals surface area contributed by atoms with Gasteiger partial charge in [0.1, 0.15) is 0 Å². The van der Waals surface area contributed by atoms with E-state index in [-0.39, 0.29) is 13.0 Å². The molecule has 0 amide bonds. The quantitative estimate of drug-likeness (QED) is 0.702. The van der Waals surface area contributed by atoms with Gasteiger partial charge in [-0.3, -0.25) is 4.79 Å². The Bertz CT molecular complexity index is 429. The lowest BCUT2D eigenvalue weighted by molar-refractivity contribution is -0.137. The van der Waals surface area contributed by atoms with Crippen LogP contribution in [0.3, 0.4) is 0 Å². The third-order valence-corrected chi connectivity index (χ3v) is 6.10. The highest BCUT2D eigenvalue weighted by Gasteiger charge is 2.32. The summed E-state index contributed by atoms with van der Waals surface area (Å²) in [6.45, 7) is 7.20. The van der Waals surface area contributed by atoms with Gasteiger partial charge in [-0.05, 0) is 25.9 Å². The molecule has 1 N–H and O–H groups in total. The second-order valence-electron chi connectivity index (χ2n) is 5.32. The first kappa shape index (κ1) is 18.3. The molecule has 1 saturated heterocycles. The molecule has 0 aromatic heterocycles. The highest BCUT2D eigenvalue weighted by molar-refractivity contribution is 7.86. The molecule has 0 aromatic carbocycles. The third-order valence-electron chi connectivity index (χ3n) is 4.11. The fourth-order valence-electron chi connectivity index (χ4n) is 2.74. The molecule has 0 radical (unpaired) electrons. The van der Waals surface area contributed by atoms with E-state index in [1.807, 2.05) is 0 Å². The molecule has 21 heavy (non-hydrogen) atoms. The summed E-state index contributed by atoms with van der Waals surface area (Å²) >= 11 is 0. The van der Waals surface area contributed by atoms with Crippen LogP contribution in [0.5, 0.6) is 0 Å². The first-order valence-electron chi connectivity index (χ1n) is 7.50. The van der Waals surface area contributed by atoms with E-state index < -0.39 is 16.2 Å². The van der Waals surface area contributed by atoms with Gasteiger partial charge in [-0.2, -0.15) is 17.0 Å². The van der Waals surface area contributed by atoms with Crippen LogP contribution in [0.2, 0.25) is 0 Å². The average molecular weight is 321 g/mol. The number of hydrogen-bond acceptors (Lipinski definition) is 4. The summed E-state index contributed by atoms with van der Waals surface area (Å²) in [6.07, 6.45) is 1.48. The molecule has 0 spiro atoms. The number of hydrogen-bond donors (Lipinski definition) is 1. The van der Waals surface area contributed by atoms with Gasteiger partial charge in [0.05, 0.1) is 6.42 Å². The zero-order valence-electron chi connectivity index (χ0n) is 13.2. The summed E-state index contributed by atoms with van der Waals surface area (Å²) in [4.78, 5) is 12.9. The molecule has 124 valence electrons. The van der Waals surface area contributed by atoms with Crippen LogP contribution in [0.4, 0.5) is 0 Å². The number of nitrogens with zero attached hydrogens (tertiary/aromatic N) is 3. The van der Waals surface area contributed by atoms with Gasteiger partial charge in [0.25, 0.3) is 10.2 Å². The topological polar surface area (TPSA) is 81.2 Å².